The topological polar surface area (TPSA) is 26.8 Å². The number of hydrogen-bond donors (Lipinski definition) is 0. The molecule has 0 bridgehead atoms. The first kappa shape index (κ1) is 18.0. The van der Waals surface area contributed by atoms with Gasteiger partial charge in [-0.25, -0.2) is 0 Å². The first-order valence-corrected chi connectivity index (χ1v) is 8.82. The van der Waals surface area contributed by atoms with Crippen LogP contribution in [0.4, 0.5) is 0 Å². The molecule has 1 fully saturated rings. The average Bonchev–Trinajstić information content (AvgIpc) is 2.54. The number of piperazine rings is 1. The molecule has 0 N–H and O–H groups in total. The van der Waals surface area contributed by atoms with E-state index in [4.69, 9.17) is 0 Å². The molecule has 1 heterocycles. The predicted octanol–water partition coefficient (Wildman–Crippen LogP) is 2.29. The Bertz CT molecular complexity index is 517. The van der Waals surface area contributed by atoms with Gasteiger partial charge in [-0.1, -0.05) is 23.8 Å². The van der Waals surface area contributed by atoms with Crippen LogP contribution < -0.4 is 0 Å². The second-order valence-electron chi connectivity index (χ2n) is 6.55. The third kappa shape index (κ3) is 5.05. The van der Waals surface area contributed by atoms with Gasteiger partial charge in [0.2, 0.25) is 5.91 Å². The number of likely N-dealkylation sites (N-methyl/N-ethyl adjacent to an activating group) is 1. The highest BCUT2D eigenvalue weighted by atomic mass is 16.2. The quantitative estimate of drug-likeness (QED) is 0.805. The number of carbonyl (C=O) groups is 1. The van der Waals surface area contributed by atoms with Crippen molar-refractivity contribution in [2.75, 3.05) is 45.8 Å². The van der Waals surface area contributed by atoms with Crippen molar-refractivity contribution in [3.05, 3.63) is 34.9 Å². The van der Waals surface area contributed by atoms with E-state index in [1.807, 2.05) is 18.7 Å². The molecule has 0 aliphatic carbocycles. The summed E-state index contributed by atoms with van der Waals surface area (Å²) in [4.78, 5) is 18.9. The van der Waals surface area contributed by atoms with E-state index in [0.717, 1.165) is 45.8 Å². The molecule has 4 heteroatoms. The van der Waals surface area contributed by atoms with E-state index in [1.54, 1.807) is 0 Å². The van der Waals surface area contributed by atoms with Crippen LogP contribution in [-0.2, 0) is 11.3 Å². The summed E-state index contributed by atoms with van der Waals surface area (Å²) in [6.45, 7) is 15.7. The number of carbonyl (C=O) groups excluding carboxylic acids is 1. The first-order valence-electron chi connectivity index (χ1n) is 8.82. The van der Waals surface area contributed by atoms with Gasteiger partial charge in [0.25, 0.3) is 0 Å². The molecule has 0 unspecified atom stereocenters. The fraction of sp³-hybridized carbons (Fsp3) is 0.632. The van der Waals surface area contributed by atoms with Crippen molar-refractivity contribution in [1.82, 2.24) is 14.7 Å². The standard InChI is InChI=1S/C19H31N3O/c1-5-22(6-2)19(23)15-21-11-9-20(10-12-21)14-18-13-16(3)7-8-17(18)4/h7-8,13H,5-6,9-12,14-15H2,1-4H3. The predicted molar refractivity (Wildman–Crippen MR) is 95.6 cm³/mol. The molecule has 128 valence electrons. The molecule has 1 aliphatic heterocycles. The highest BCUT2D eigenvalue weighted by Crippen LogP contribution is 2.14. The number of benzene rings is 1. The third-order valence-electron chi connectivity index (χ3n) is 4.84. The number of nitrogens with zero attached hydrogens (tertiary/aromatic N) is 3. The molecular formula is C19H31N3O. The molecule has 0 atom stereocenters. The molecule has 1 aromatic rings. The summed E-state index contributed by atoms with van der Waals surface area (Å²) < 4.78 is 0. The number of hydrogen-bond acceptors (Lipinski definition) is 3. The molecule has 1 saturated heterocycles. The fourth-order valence-electron chi connectivity index (χ4n) is 3.18. The zero-order valence-electron chi connectivity index (χ0n) is 15.1. The molecule has 0 saturated carbocycles. The molecule has 23 heavy (non-hydrogen) atoms. The molecule has 1 aromatic carbocycles. The van der Waals surface area contributed by atoms with E-state index in [0.29, 0.717) is 6.54 Å². The maximum Gasteiger partial charge on any atom is 0.236 e. The van der Waals surface area contributed by atoms with E-state index >= 15 is 0 Å². The molecular weight excluding hydrogens is 286 g/mol. The van der Waals surface area contributed by atoms with Crippen LogP contribution in [0.3, 0.4) is 0 Å². The van der Waals surface area contributed by atoms with Gasteiger partial charge in [-0.3, -0.25) is 14.6 Å². The Morgan fingerprint density at radius 2 is 1.65 bits per heavy atom. The summed E-state index contributed by atoms with van der Waals surface area (Å²) in [5.74, 6) is 0.262. The van der Waals surface area contributed by atoms with E-state index < -0.39 is 0 Å². The van der Waals surface area contributed by atoms with E-state index in [1.165, 1.54) is 16.7 Å². The van der Waals surface area contributed by atoms with Crippen molar-refractivity contribution in [3.8, 4) is 0 Å². The van der Waals surface area contributed by atoms with E-state index in [-0.39, 0.29) is 5.91 Å². The molecule has 4 nitrogen and oxygen atoms in total. The van der Waals surface area contributed by atoms with Crippen LogP contribution in [0.2, 0.25) is 0 Å². The molecule has 2 rings (SSSR count). The van der Waals surface area contributed by atoms with Gasteiger partial charge in [0.15, 0.2) is 0 Å². The van der Waals surface area contributed by atoms with Crippen molar-refractivity contribution in [2.24, 2.45) is 0 Å². The number of amides is 1. The first-order chi connectivity index (χ1) is 11.0. The van der Waals surface area contributed by atoms with Crippen molar-refractivity contribution in [3.63, 3.8) is 0 Å². The summed E-state index contributed by atoms with van der Waals surface area (Å²) in [5.41, 5.74) is 4.13. The summed E-state index contributed by atoms with van der Waals surface area (Å²) in [7, 11) is 0. The van der Waals surface area contributed by atoms with Crippen LogP contribution in [0.5, 0.6) is 0 Å². The highest BCUT2D eigenvalue weighted by Gasteiger charge is 2.21. The second-order valence-corrected chi connectivity index (χ2v) is 6.55. The normalized spacial score (nSPS) is 16.5. The van der Waals surface area contributed by atoms with E-state index in [9.17, 15) is 4.79 Å². The molecule has 1 amide bonds. The van der Waals surface area contributed by atoms with Crippen molar-refractivity contribution in [1.29, 1.82) is 0 Å². The lowest BCUT2D eigenvalue weighted by Gasteiger charge is -2.35. The van der Waals surface area contributed by atoms with Gasteiger partial charge in [-0.2, -0.15) is 0 Å². The Kier molecular flexibility index (Phi) is 6.60. The van der Waals surface area contributed by atoms with Gasteiger partial charge in [0.05, 0.1) is 6.54 Å². The Hall–Kier alpha value is -1.39. The van der Waals surface area contributed by atoms with Crippen LogP contribution in [0, 0.1) is 13.8 Å². The lowest BCUT2D eigenvalue weighted by molar-refractivity contribution is -0.132. The van der Waals surface area contributed by atoms with Crippen molar-refractivity contribution >= 4 is 5.91 Å². The Morgan fingerprint density at radius 3 is 2.26 bits per heavy atom. The Balaban J connectivity index is 1.82. The minimum absolute atomic E-state index is 0.262. The molecule has 0 radical (unpaired) electrons. The van der Waals surface area contributed by atoms with Gasteiger partial charge in [0, 0.05) is 45.8 Å². The molecule has 0 aromatic heterocycles. The monoisotopic (exact) mass is 317 g/mol. The zero-order chi connectivity index (χ0) is 16.8. The minimum atomic E-state index is 0.262. The van der Waals surface area contributed by atoms with Gasteiger partial charge in [0.1, 0.15) is 0 Å². The molecule has 1 aliphatic rings. The maximum absolute atomic E-state index is 12.2. The van der Waals surface area contributed by atoms with Gasteiger partial charge in [-0.15, -0.1) is 0 Å². The lowest BCUT2D eigenvalue weighted by atomic mass is 10.0. The van der Waals surface area contributed by atoms with Crippen LogP contribution in [0.1, 0.15) is 30.5 Å². The lowest BCUT2D eigenvalue weighted by Crippen LogP contribution is -2.49. The fourth-order valence-corrected chi connectivity index (χ4v) is 3.18. The summed E-state index contributed by atoms with van der Waals surface area (Å²) >= 11 is 0. The number of rotatable bonds is 6. The Labute approximate surface area is 141 Å². The van der Waals surface area contributed by atoms with Crippen LogP contribution in [0.25, 0.3) is 0 Å². The van der Waals surface area contributed by atoms with Gasteiger partial charge < -0.3 is 4.90 Å². The summed E-state index contributed by atoms with van der Waals surface area (Å²) in [6, 6.07) is 6.69. The smallest absolute Gasteiger partial charge is 0.236 e. The van der Waals surface area contributed by atoms with Crippen LogP contribution in [-0.4, -0.2) is 66.4 Å². The Morgan fingerprint density at radius 1 is 1.04 bits per heavy atom. The highest BCUT2D eigenvalue weighted by molar-refractivity contribution is 5.78. The van der Waals surface area contributed by atoms with Crippen LogP contribution >= 0.6 is 0 Å². The van der Waals surface area contributed by atoms with Gasteiger partial charge in [-0.05, 0) is 38.8 Å². The largest absolute Gasteiger partial charge is 0.342 e. The molecule has 0 spiro atoms. The number of aryl methyl sites for hydroxylation is 2. The zero-order valence-corrected chi connectivity index (χ0v) is 15.1. The third-order valence-corrected chi connectivity index (χ3v) is 4.84. The minimum Gasteiger partial charge on any atom is -0.342 e. The van der Waals surface area contributed by atoms with Crippen molar-refractivity contribution in [2.45, 2.75) is 34.2 Å². The second kappa shape index (κ2) is 8.46. The average molecular weight is 317 g/mol. The maximum atomic E-state index is 12.2. The van der Waals surface area contributed by atoms with Crippen LogP contribution in [0.15, 0.2) is 18.2 Å². The SMILES string of the molecule is CCN(CC)C(=O)CN1CCN(Cc2cc(C)ccc2C)CC1. The summed E-state index contributed by atoms with van der Waals surface area (Å²) in [5, 5.41) is 0. The van der Waals surface area contributed by atoms with Gasteiger partial charge >= 0.3 is 0 Å². The van der Waals surface area contributed by atoms with Crippen molar-refractivity contribution < 1.29 is 4.79 Å². The summed E-state index contributed by atoms with van der Waals surface area (Å²) in [6.07, 6.45) is 0. The van der Waals surface area contributed by atoms with E-state index in [2.05, 4.69) is 41.8 Å².